The van der Waals surface area contributed by atoms with E-state index in [2.05, 4.69) is 12.2 Å². The van der Waals surface area contributed by atoms with Crippen LogP contribution < -0.4 is 9.64 Å². The Morgan fingerprint density at radius 3 is 2.23 bits per heavy atom. The Morgan fingerprint density at radius 2 is 1.65 bits per heavy atom. The van der Waals surface area contributed by atoms with E-state index in [4.69, 9.17) is 4.74 Å². The number of hydrogen-bond donors (Lipinski definition) is 0. The fraction of sp³-hybridized carbons (Fsp3) is 0.250. The molecule has 0 unspecified atom stereocenters. The molecule has 6 heteroatoms. The van der Waals surface area contributed by atoms with Crippen molar-refractivity contribution in [3.05, 3.63) is 58.8 Å². The maximum Gasteiger partial charge on any atom is 0.353 e. The summed E-state index contributed by atoms with van der Waals surface area (Å²) in [5.41, 5.74) is 0.532. The van der Waals surface area contributed by atoms with Crippen LogP contribution in [0.25, 0.3) is 0 Å². The number of hydrogen-bond acceptors (Lipinski definition) is 5. The molecule has 2 bridgehead atoms. The van der Waals surface area contributed by atoms with Gasteiger partial charge < -0.3 is 4.74 Å². The van der Waals surface area contributed by atoms with Crippen molar-refractivity contribution in [2.45, 2.75) is 6.42 Å². The number of fused-ring (bicyclic) bond motifs is 5. The van der Waals surface area contributed by atoms with E-state index in [0.29, 0.717) is 16.3 Å². The first-order chi connectivity index (χ1) is 12.6. The average Bonchev–Trinajstić information content (AvgIpc) is 3.41. The summed E-state index contributed by atoms with van der Waals surface area (Å²) in [4.78, 5) is 39.4. The Hall–Kier alpha value is -2.73. The van der Waals surface area contributed by atoms with Crippen LogP contribution in [0.3, 0.4) is 0 Å². The number of amides is 2. The molecule has 2 heterocycles. The molecule has 1 aliphatic heterocycles. The number of carbonyl (C=O) groups is 3. The molecule has 1 aromatic heterocycles. The molecular weight excluding hydrogens is 350 g/mol. The minimum Gasteiger partial charge on any atom is -0.422 e. The third-order valence-electron chi connectivity index (χ3n) is 5.50. The first-order valence-electron chi connectivity index (χ1n) is 8.55. The number of imide groups is 1. The summed E-state index contributed by atoms with van der Waals surface area (Å²) in [5, 5.41) is 1.81. The largest absolute Gasteiger partial charge is 0.422 e. The van der Waals surface area contributed by atoms with Gasteiger partial charge in [-0.1, -0.05) is 18.2 Å². The van der Waals surface area contributed by atoms with Crippen molar-refractivity contribution in [1.82, 2.24) is 0 Å². The number of thiophene rings is 1. The smallest absolute Gasteiger partial charge is 0.353 e. The van der Waals surface area contributed by atoms with Gasteiger partial charge in [-0.05, 0) is 54.0 Å². The molecule has 2 fully saturated rings. The fourth-order valence-corrected chi connectivity index (χ4v) is 4.97. The summed E-state index contributed by atoms with van der Waals surface area (Å²) in [6.07, 6.45) is 5.07. The van der Waals surface area contributed by atoms with Crippen molar-refractivity contribution in [1.29, 1.82) is 0 Å². The topological polar surface area (TPSA) is 63.7 Å². The van der Waals surface area contributed by atoms with Crippen LogP contribution in [-0.4, -0.2) is 17.8 Å². The van der Waals surface area contributed by atoms with E-state index >= 15 is 0 Å². The minimum absolute atomic E-state index is 0.111. The molecule has 2 amide bonds. The summed E-state index contributed by atoms with van der Waals surface area (Å²) >= 11 is 1.31. The maximum atomic E-state index is 12.8. The molecule has 0 radical (unpaired) electrons. The van der Waals surface area contributed by atoms with Crippen LogP contribution in [-0.2, 0) is 9.59 Å². The van der Waals surface area contributed by atoms with Gasteiger partial charge in [-0.25, -0.2) is 4.79 Å². The normalized spacial score (nSPS) is 28.7. The Kier molecular flexibility index (Phi) is 3.37. The van der Waals surface area contributed by atoms with Gasteiger partial charge in [0, 0.05) is 0 Å². The molecule has 2 aliphatic carbocycles. The first-order valence-corrected chi connectivity index (χ1v) is 9.43. The van der Waals surface area contributed by atoms with E-state index < -0.39 is 5.97 Å². The zero-order chi connectivity index (χ0) is 17.8. The van der Waals surface area contributed by atoms with Crippen LogP contribution >= 0.6 is 11.3 Å². The lowest BCUT2D eigenvalue weighted by molar-refractivity contribution is -0.123. The van der Waals surface area contributed by atoms with Gasteiger partial charge in [-0.15, -0.1) is 11.3 Å². The van der Waals surface area contributed by atoms with E-state index in [-0.39, 0.29) is 35.5 Å². The van der Waals surface area contributed by atoms with Crippen LogP contribution in [0, 0.1) is 23.7 Å². The number of esters is 1. The molecule has 1 aromatic carbocycles. The average molecular weight is 365 g/mol. The summed E-state index contributed by atoms with van der Waals surface area (Å²) in [6.45, 7) is 0. The Labute approximate surface area is 153 Å². The first kappa shape index (κ1) is 15.5. The molecular formula is C20H15NO4S. The van der Waals surface area contributed by atoms with Crippen LogP contribution in [0.4, 0.5) is 5.69 Å². The van der Waals surface area contributed by atoms with E-state index in [0.717, 1.165) is 6.42 Å². The van der Waals surface area contributed by atoms with Crippen LogP contribution in [0.1, 0.15) is 16.1 Å². The van der Waals surface area contributed by atoms with Crippen LogP contribution in [0.5, 0.6) is 5.75 Å². The van der Waals surface area contributed by atoms with Gasteiger partial charge in [0.15, 0.2) is 0 Å². The van der Waals surface area contributed by atoms with Gasteiger partial charge in [0.05, 0.1) is 17.5 Å². The number of carbonyl (C=O) groups excluding carboxylic acids is 3. The third kappa shape index (κ3) is 2.18. The zero-order valence-electron chi connectivity index (χ0n) is 13.7. The highest BCUT2D eigenvalue weighted by molar-refractivity contribution is 7.12. The summed E-state index contributed by atoms with van der Waals surface area (Å²) in [5.74, 6) is -0.301. The van der Waals surface area contributed by atoms with Crippen molar-refractivity contribution in [2.75, 3.05) is 4.90 Å². The highest BCUT2D eigenvalue weighted by atomic mass is 32.1. The minimum atomic E-state index is -0.418. The SMILES string of the molecule is O=C(Oc1ccc(N2C(=O)[C@@H]3[C@H](C2=O)[C@H]2C=C[C@H]3C2)cc1)c1cccs1. The van der Waals surface area contributed by atoms with Gasteiger partial charge in [-0.3, -0.25) is 14.5 Å². The molecule has 1 saturated carbocycles. The zero-order valence-corrected chi connectivity index (χ0v) is 14.5. The van der Waals surface area contributed by atoms with Crippen molar-refractivity contribution in [2.24, 2.45) is 23.7 Å². The van der Waals surface area contributed by atoms with E-state index in [1.807, 2.05) is 5.38 Å². The molecule has 3 aliphatic rings. The van der Waals surface area contributed by atoms with Crippen molar-refractivity contribution in [3.63, 3.8) is 0 Å². The molecule has 130 valence electrons. The molecule has 0 spiro atoms. The molecule has 4 atom stereocenters. The summed E-state index contributed by atoms with van der Waals surface area (Å²) in [7, 11) is 0. The second-order valence-corrected chi connectivity index (χ2v) is 7.82. The lowest BCUT2D eigenvalue weighted by atomic mass is 9.85. The van der Waals surface area contributed by atoms with Gasteiger partial charge in [0.2, 0.25) is 11.8 Å². The monoisotopic (exact) mass is 365 g/mol. The molecule has 5 rings (SSSR count). The maximum absolute atomic E-state index is 12.8. The molecule has 0 N–H and O–H groups in total. The van der Waals surface area contributed by atoms with E-state index in [9.17, 15) is 14.4 Å². The van der Waals surface area contributed by atoms with Crippen molar-refractivity contribution in [3.8, 4) is 5.75 Å². The number of anilines is 1. The van der Waals surface area contributed by atoms with Gasteiger partial charge >= 0.3 is 5.97 Å². The van der Waals surface area contributed by atoms with Crippen LogP contribution in [0.15, 0.2) is 53.9 Å². The Morgan fingerprint density at radius 1 is 1.00 bits per heavy atom. The van der Waals surface area contributed by atoms with Crippen molar-refractivity contribution >= 4 is 34.8 Å². The highest BCUT2D eigenvalue weighted by Gasteiger charge is 2.59. The molecule has 5 nitrogen and oxygen atoms in total. The molecule has 1 saturated heterocycles. The van der Waals surface area contributed by atoms with E-state index in [1.165, 1.54) is 16.2 Å². The second kappa shape index (κ2) is 5.64. The predicted octanol–water partition coefficient (Wildman–Crippen LogP) is 3.28. The summed E-state index contributed by atoms with van der Waals surface area (Å²) in [6, 6.07) is 10.0. The quantitative estimate of drug-likeness (QED) is 0.362. The second-order valence-electron chi connectivity index (χ2n) is 6.87. The lowest BCUT2D eigenvalue weighted by Crippen LogP contribution is -2.32. The summed E-state index contributed by atoms with van der Waals surface area (Å²) < 4.78 is 5.32. The number of ether oxygens (including phenoxy) is 1. The molecule has 26 heavy (non-hydrogen) atoms. The number of nitrogens with zero attached hydrogens (tertiary/aromatic N) is 1. The van der Waals surface area contributed by atoms with Gasteiger partial charge in [-0.2, -0.15) is 0 Å². The molecule has 2 aromatic rings. The number of allylic oxidation sites excluding steroid dienone is 2. The van der Waals surface area contributed by atoms with E-state index in [1.54, 1.807) is 36.4 Å². The Balaban J connectivity index is 1.36. The fourth-order valence-electron chi connectivity index (χ4n) is 4.37. The predicted molar refractivity (Wildman–Crippen MR) is 95.9 cm³/mol. The van der Waals surface area contributed by atoms with Gasteiger partial charge in [0.25, 0.3) is 0 Å². The third-order valence-corrected chi connectivity index (χ3v) is 6.35. The Bertz CT molecular complexity index is 901. The van der Waals surface area contributed by atoms with Gasteiger partial charge in [0.1, 0.15) is 10.6 Å². The standard InChI is InChI=1S/C20H15NO4S/c22-18-16-11-3-4-12(10-11)17(16)19(23)21(18)13-5-7-14(8-6-13)25-20(24)15-2-1-9-26-15/h1-9,11-12,16-17H,10H2/t11-,12-,16-,17+/m0/s1. The lowest BCUT2D eigenvalue weighted by Gasteiger charge is -2.17. The number of benzene rings is 1. The number of rotatable bonds is 3. The van der Waals surface area contributed by atoms with Crippen LogP contribution in [0.2, 0.25) is 0 Å². The van der Waals surface area contributed by atoms with Crippen molar-refractivity contribution < 1.29 is 19.1 Å². The highest BCUT2D eigenvalue weighted by Crippen LogP contribution is 2.53.